The Morgan fingerprint density at radius 1 is 0.912 bits per heavy atom. The van der Waals surface area contributed by atoms with Gasteiger partial charge >= 0.3 is 0 Å². The number of halogens is 1. The number of piperazine rings is 1. The van der Waals surface area contributed by atoms with E-state index in [0.717, 1.165) is 59.0 Å². The number of rotatable bonds is 4. The molecule has 0 radical (unpaired) electrons. The number of benzene rings is 3. The van der Waals surface area contributed by atoms with Gasteiger partial charge in [0.15, 0.2) is 5.82 Å². The third-order valence-corrected chi connectivity index (χ3v) is 7.22. The molecule has 34 heavy (non-hydrogen) atoms. The van der Waals surface area contributed by atoms with Crippen LogP contribution in [0.5, 0.6) is 0 Å². The maximum atomic E-state index is 6.19. The van der Waals surface area contributed by atoms with Gasteiger partial charge in [-0.3, -0.25) is 0 Å². The number of hydrogen-bond acceptors (Lipinski definition) is 3. The van der Waals surface area contributed by atoms with E-state index in [2.05, 4.69) is 82.5 Å². The van der Waals surface area contributed by atoms with Crippen LogP contribution in [0, 0.1) is 6.92 Å². The summed E-state index contributed by atoms with van der Waals surface area (Å²) in [6, 6.07) is 25.9. The van der Waals surface area contributed by atoms with Gasteiger partial charge < -0.3 is 14.8 Å². The Morgan fingerprint density at radius 3 is 2.41 bits per heavy atom. The van der Waals surface area contributed by atoms with Crippen LogP contribution in [0.4, 0.5) is 5.82 Å². The van der Waals surface area contributed by atoms with E-state index in [9.17, 15) is 0 Å². The zero-order valence-electron chi connectivity index (χ0n) is 19.1. The van der Waals surface area contributed by atoms with Gasteiger partial charge in [0.1, 0.15) is 23.4 Å². The molecule has 1 aliphatic rings. The molecule has 0 spiro atoms. The second kappa shape index (κ2) is 8.75. The molecule has 6 rings (SSSR count). The van der Waals surface area contributed by atoms with Crippen molar-refractivity contribution in [2.45, 2.75) is 13.0 Å². The van der Waals surface area contributed by atoms with Gasteiger partial charge in [0.25, 0.3) is 0 Å². The van der Waals surface area contributed by atoms with Gasteiger partial charge in [-0.2, -0.15) is 0 Å². The molecule has 0 bridgehead atoms. The number of hydrogen-bond donors (Lipinski definition) is 2. The van der Waals surface area contributed by atoms with Crippen molar-refractivity contribution in [1.29, 1.82) is 0 Å². The minimum Gasteiger partial charge on any atom is -0.350 e. The summed E-state index contributed by atoms with van der Waals surface area (Å²) in [5.74, 6) is 1.00. The lowest BCUT2D eigenvalue weighted by atomic mass is 9.96. The zero-order valence-corrected chi connectivity index (χ0v) is 19.9. The average molecular weight is 469 g/mol. The van der Waals surface area contributed by atoms with Gasteiger partial charge in [0.05, 0.1) is 26.2 Å². The van der Waals surface area contributed by atoms with Crippen LogP contribution in [0.3, 0.4) is 0 Å². The Hall–Kier alpha value is -3.41. The van der Waals surface area contributed by atoms with E-state index in [0.29, 0.717) is 0 Å². The molecule has 5 aromatic rings. The second-order valence-electron chi connectivity index (χ2n) is 9.14. The molecular formula is C28H27ClN5+. The van der Waals surface area contributed by atoms with Crippen molar-refractivity contribution < 1.29 is 4.90 Å². The Kier molecular flexibility index (Phi) is 5.44. The molecule has 0 aliphatic carbocycles. The first-order valence-electron chi connectivity index (χ1n) is 11.8. The largest absolute Gasteiger partial charge is 0.350 e. The number of quaternary nitrogens is 1. The fourth-order valence-electron chi connectivity index (χ4n) is 5.30. The van der Waals surface area contributed by atoms with E-state index < -0.39 is 0 Å². The first kappa shape index (κ1) is 21.1. The third-order valence-electron chi connectivity index (χ3n) is 6.97. The number of aromatic amines is 1. The smallest absolute Gasteiger partial charge is 0.156 e. The maximum Gasteiger partial charge on any atom is 0.156 e. The molecule has 6 heteroatoms. The van der Waals surface area contributed by atoms with Crippen molar-refractivity contribution in [2.24, 2.45) is 0 Å². The van der Waals surface area contributed by atoms with Gasteiger partial charge in [-0.1, -0.05) is 66.2 Å². The van der Waals surface area contributed by atoms with Gasteiger partial charge in [0, 0.05) is 27.1 Å². The predicted octanol–water partition coefficient (Wildman–Crippen LogP) is 4.57. The van der Waals surface area contributed by atoms with Gasteiger partial charge in [-0.25, -0.2) is 9.97 Å². The molecule has 3 heterocycles. The molecule has 3 aromatic carbocycles. The van der Waals surface area contributed by atoms with E-state index in [4.69, 9.17) is 16.6 Å². The van der Waals surface area contributed by atoms with E-state index in [1.807, 2.05) is 12.1 Å². The molecule has 1 aliphatic heterocycles. The highest BCUT2D eigenvalue weighted by Crippen LogP contribution is 2.30. The monoisotopic (exact) mass is 468 g/mol. The molecule has 170 valence electrons. The van der Waals surface area contributed by atoms with Crippen molar-refractivity contribution in [2.75, 3.05) is 31.1 Å². The highest BCUT2D eigenvalue weighted by Gasteiger charge is 2.31. The lowest BCUT2D eigenvalue weighted by molar-refractivity contribution is -0.926. The third kappa shape index (κ3) is 3.81. The average Bonchev–Trinajstić information content (AvgIpc) is 3.24. The van der Waals surface area contributed by atoms with Crippen molar-refractivity contribution in [3.63, 3.8) is 0 Å². The summed E-state index contributed by atoms with van der Waals surface area (Å²) < 4.78 is 0. The fourth-order valence-corrected chi connectivity index (χ4v) is 5.42. The number of nitrogens with one attached hydrogen (secondary N) is 2. The molecule has 0 unspecified atom stereocenters. The molecule has 1 saturated heterocycles. The SMILES string of the molecule is Cc1ccc2c(c1)[nH]c1c(N3CC[NH+]([C@H](c4ccccc4)c4ccc(Cl)cc4)CC3)ncnc12. The van der Waals surface area contributed by atoms with E-state index >= 15 is 0 Å². The first-order chi connectivity index (χ1) is 16.7. The fraction of sp³-hybridized carbons (Fsp3) is 0.214. The minimum absolute atomic E-state index is 0.280. The Labute approximate surface area is 204 Å². The summed E-state index contributed by atoms with van der Waals surface area (Å²) in [6.07, 6.45) is 1.70. The van der Waals surface area contributed by atoms with Crippen LogP contribution >= 0.6 is 11.6 Å². The molecule has 1 fully saturated rings. The number of H-pyrrole nitrogens is 1. The normalized spacial score (nSPS) is 15.8. The van der Waals surface area contributed by atoms with Gasteiger partial charge in [-0.15, -0.1) is 0 Å². The number of fused-ring (bicyclic) bond motifs is 3. The minimum atomic E-state index is 0.280. The Bertz CT molecular complexity index is 1440. The lowest BCUT2D eigenvalue weighted by Crippen LogP contribution is -3.15. The van der Waals surface area contributed by atoms with Crippen LogP contribution < -0.4 is 9.80 Å². The summed E-state index contributed by atoms with van der Waals surface area (Å²) in [7, 11) is 0. The molecule has 0 saturated carbocycles. The molecule has 2 aromatic heterocycles. The van der Waals surface area contributed by atoms with Crippen LogP contribution in [0.25, 0.3) is 21.9 Å². The van der Waals surface area contributed by atoms with Crippen molar-refractivity contribution >= 4 is 39.4 Å². The number of aromatic nitrogens is 3. The first-order valence-corrected chi connectivity index (χ1v) is 12.2. The molecule has 5 nitrogen and oxygen atoms in total. The number of anilines is 1. The molecular weight excluding hydrogens is 442 g/mol. The lowest BCUT2D eigenvalue weighted by Gasteiger charge is -2.37. The zero-order chi connectivity index (χ0) is 23.1. The predicted molar refractivity (Wildman–Crippen MR) is 139 cm³/mol. The van der Waals surface area contributed by atoms with Crippen molar-refractivity contribution in [3.8, 4) is 0 Å². The quantitative estimate of drug-likeness (QED) is 0.406. The summed E-state index contributed by atoms with van der Waals surface area (Å²) in [6.45, 7) is 6.03. The molecule has 0 amide bonds. The second-order valence-corrected chi connectivity index (χ2v) is 9.57. The van der Waals surface area contributed by atoms with Crippen LogP contribution in [-0.2, 0) is 0 Å². The van der Waals surface area contributed by atoms with E-state index in [-0.39, 0.29) is 6.04 Å². The summed E-state index contributed by atoms with van der Waals surface area (Å²) in [4.78, 5) is 16.9. The van der Waals surface area contributed by atoms with E-state index in [1.54, 1.807) is 11.2 Å². The van der Waals surface area contributed by atoms with E-state index in [1.165, 1.54) is 16.7 Å². The van der Waals surface area contributed by atoms with Crippen molar-refractivity contribution in [1.82, 2.24) is 15.0 Å². The summed E-state index contributed by atoms with van der Waals surface area (Å²) in [5.41, 5.74) is 7.02. The summed E-state index contributed by atoms with van der Waals surface area (Å²) >= 11 is 6.19. The Morgan fingerprint density at radius 2 is 1.65 bits per heavy atom. The summed E-state index contributed by atoms with van der Waals surface area (Å²) in [5, 5.41) is 1.93. The van der Waals surface area contributed by atoms with Crippen LogP contribution in [0.2, 0.25) is 5.02 Å². The van der Waals surface area contributed by atoms with Crippen LogP contribution in [0.1, 0.15) is 22.7 Å². The topological polar surface area (TPSA) is 49.2 Å². The Balaban J connectivity index is 1.30. The molecule has 1 atom stereocenters. The number of aryl methyl sites for hydroxylation is 1. The highest BCUT2D eigenvalue weighted by atomic mass is 35.5. The van der Waals surface area contributed by atoms with Crippen LogP contribution in [-0.4, -0.2) is 41.1 Å². The maximum absolute atomic E-state index is 6.19. The van der Waals surface area contributed by atoms with Crippen molar-refractivity contribution in [3.05, 3.63) is 101 Å². The molecule has 2 N–H and O–H groups in total. The van der Waals surface area contributed by atoms with Crippen LogP contribution in [0.15, 0.2) is 79.1 Å². The van der Waals surface area contributed by atoms with Gasteiger partial charge in [-0.05, 0) is 30.7 Å². The number of nitrogens with zero attached hydrogens (tertiary/aromatic N) is 3. The highest BCUT2D eigenvalue weighted by molar-refractivity contribution is 6.30. The van der Waals surface area contributed by atoms with Gasteiger partial charge in [0.2, 0.25) is 0 Å². The standard InChI is InChI=1S/C28H26ClN5/c1-19-7-12-23-24(17-19)32-26-25(23)30-18-31-28(26)34-15-13-33(14-16-34)27(20-5-3-2-4-6-20)21-8-10-22(29)11-9-21/h2-12,17-18,27,32H,13-16H2,1H3/p+1/t27-/m1/s1.